The van der Waals surface area contributed by atoms with Crippen molar-refractivity contribution in [2.75, 3.05) is 19.3 Å². The molecule has 2 N–H and O–H groups in total. The van der Waals surface area contributed by atoms with E-state index in [4.69, 9.17) is 0 Å². The Morgan fingerprint density at radius 3 is 2.32 bits per heavy atom. The van der Waals surface area contributed by atoms with Crippen LogP contribution in [-0.2, 0) is 9.84 Å². The molecule has 1 heterocycles. The highest BCUT2D eigenvalue weighted by molar-refractivity contribution is 7.90. The molecule has 0 aliphatic carbocycles. The lowest BCUT2D eigenvalue weighted by molar-refractivity contribution is 0.0929. The molecule has 0 aromatic heterocycles. The van der Waals surface area contributed by atoms with Crippen LogP contribution in [0.3, 0.4) is 0 Å². The molecule has 0 saturated carbocycles. The van der Waals surface area contributed by atoms with Gasteiger partial charge in [0.2, 0.25) is 0 Å². The maximum absolute atomic E-state index is 12.0. The van der Waals surface area contributed by atoms with Crippen molar-refractivity contribution in [2.24, 2.45) is 0 Å². The van der Waals surface area contributed by atoms with Crippen molar-refractivity contribution in [1.82, 2.24) is 10.6 Å². The molecule has 0 unspecified atom stereocenters. The number of rotatable bonds is 3. The first-order chi connectivity index (χ1) is 8.97. The van der Waals surface area contributed by atoms with Crippen LogP contribution >= 0.6 is 0 Å². The summed E-state index contributed by atoms with van der Waals surface area (Å²) in [6, 6.07) is 6.22. The monoisotopic (exact) mass is 282 g/mol. The van der Waals surface area contributed by atoms with Crippen LogP contribution in [0.15, 0.2) is 29.2 Å². The van der Waals surface area contributed by atoms with Crippen molar-refractivity contribution in [3.05, 3.63) is 29.8 Å². The summed E-state index contributed by atoms with van der Waals surface area (Å²) in [6.07, 6.45) is 3.00. The maximum atomic E-state index is 12.0. The standard InChI is InChI=1S/C13H18N2O3S/c1-19(17,18)12-4-2-10(3-5-12)13(16)15-11-6-8-14-9-7-11/h2-5,11,14H,6-9H2,1H3,(H,15,16). The fraction of sp³-hybridized carbons (Fsp3) is 0.462. The van der Waals surface area contributed by atoms with Crippen LogP contribution in [0.2, 0.25) is 0 Å². The summed E-state index contributed by atoms with van der Waals surface area (Å²) >= 11 is 0. The third-order valence-electron chi connectivity index (χ3n) is 3.22. The normalized spacial score (nSPS) is 17.1. The number of amides is 1. The van der Waals surface area contributed by atoms with Crippen LogP contribution < -0.4 is 10.6 Å². The van der Waals surface area contributed by atoms with Gasteiger partial charge < -0.3 is 10.6 Å². The van der Waals surface area contributed by atoms with E-state index >= 15 is 0 Å². The minimum atomic E-state index is -3.21. The Kier molecular flexibility index (Phi) is 4.21. The zero-order valence-corrected chi connectivity index (χ0v) is 11.7. The Labute approximate surface area is 113 Å². The zero-order chi connectivity index (χ0) is 13.9. The number of piperidine rings is 1. The molecule has 1 saturated heterocycles. The summed E-state index contributed by atoms with van der Waals surface area (Å²) in [6.45, 7) is 1.83. The van der Waals surface area contributed by atoms with E-state index in [2.05, 4.69) is 10.6 Å². The average molecular weight is 282 g/mol. The van der Waals surface area contributed by atoms with Crippen molar-refractivity contribution < 1.29 is 13.2 Å². The molecule has 0 bridgehead atoms. The minimum Gasteiger partial charge on any atom is -0.349 e. The van der Waals surface area contributed by atoms with Crippen LogP contribution in [0.5, 0.6) is 0 Å². The Balaban J connectivity index is 2.03. The summed E-state index contributed by atoms with van der Waals surface area (Å²) in [5.41, 5.74) is 0.492. The molecule has 0 spiro atoms. The third-order valence-corrected chi connectivity index (χ3v) is 4.35. The lowest BCUT2D eigenvalue weighted by Crippen LogP contribution is -2.42. The van der Waals surface area contributed by atoms with E-state index in [-0.39, 0.29) is 16.8 Å². The number of hydrogen-bond acceptors (Lipinski definition) is 4. The molecule has 19 heavy (non-hydrogen) atoms. The summed E-state index contributed by atoms with van der Waals surface area (Å²) in [5.74, 6) is -0.146. The Bertz CT molecular complexity index is 546. The molecular weight excluding hydrogens is 264 g/mol. The highest BCUT2D eigenvalue weighted by Crippen LogP contribution is 2.11. The SMILES string of the molecule is CS(=O)(=O)c1ccc(C(=O)NC2CCNCC2)cc1. The second-order valence-electron chi connectivity index (χ2n) is 4.79. The maximum Gasteiger partial charge on any atom is 0.251 e. The molecule has 1 aromatic rings. The van der Waals surface area contributed by atoms with Crippen molar-refractivity contribution >= 4 is 15.7 Å². The van der Waals surface area contributed by atoms with Crippen LogP contribution in [0.25, 0.3) is 0 Å². The van der Waals surface area contributed by atoms with Gasteiger partial charge in [0.15, 0.2) is 9.84 Å². The second kappa shape index (κ2) is 5.71. The molecule has 1 aliphatic heterocycles. The van der Waals surface area contributed by atoms with Gasteiger partial charge in [-0.15, -0.1) is 0 Å². The largest absolute Gasteiger partial charge is 0.349 e. The highest BCUT2D eigenvalue weighted by Gasteiger charge is 2.16. The van der Waals surface area contributed by atoms with E-state index in [0.717, 1.165) is 32.2 Å². The number of nitrogens with one attached hydrogen (secondary N) is 2. The van der Waals surface area contributed by atoms with Gasteiger partial charge in [-0.05, 0) is 50.2 Å². The lowest BCUT2D eigenvalue weighted by Gasteiger charge is -2.23. The van der Waals surface area contributed by atoms with Crippen LogP contribution in [-0.4, -0.2) is 39.7 Å². The molecule has 0 atom stereocenters. The molecule has 0 radical (unpaired) electrons. The molecule has 104 valence electrons. The quantitative estimate of drug-likeness (QED) is 0.850. The second-order valence-corrected chi connectivity index (χ2v) is 6.81. The fourth-order valence-corrected chi connectivity index (χ4v) is 2.72. The van der Waals surface area contributed by atoms with Crippen LogP contribution in [0, 0.1) is 0 Å². The summed E-state index contributed by atoms with van der Waals surface area (Å²) < 4.78 is 22.6. The smallest absolute Gasteiger partial charge is 0.251 e. The Hall–Kier alpha value is -1.40. The molecular formula is C13H18N2O3S. The number of benzene rings is 1. The first-order valence-corrected chi connectivity index (χ1v) is 8.17. The molecule has 2 rings (SSSR count). The molecule has 5 nitrogen and oxygen atoms in total. The fourth-order valence-electron chi connectivity index (χ4n) is 2.09. The van der Waals surface area contributed by atoms with Gasteiger partial charge >= 0.3 is 0 Å². The van der Waals surface area contributed by atoms with E-state index in [1.807, 2.05) is 0 Å². The molecule has 6 heteroatoms. The van der Waals surface area contributed by atoms with E-state index in [1.54, 1.807) is 12.1 Å². The van der Waals surface area contributed by atoms with Gasteiger partial charge in [0.25, 0.3) is 5.91 Å². The van der Waals surface area contributed by atoms with Crippen molar-refractivity contribution in [1.29, 1.82) is 0 Å². The predicted molar refractivity (Wildman–Crippen MR) is 72.9 cm³/mol. The molecule has 1 amide bonds. The summed E-state index contributed by atoms with van der Waals surface area (Å²) in [4.78, 5) is 12.2. The van der Waals surface area contributed by atoms with Gasteiger partial charge in [-0.3, -0.25) is 4.79 Å². The van der Waals surface area contributed by atoms with Gasteiger partial charge in [0.05, 0.1) is 4.90 Å². The van der Waals surface area contributed by atoms with Crippen LogP contribution in [0.1, 0.15) is 23.2 Å². The van der Waals surface area contributed by atoms with Gasteiger partial charge in [-0.2, -0.15) is 0 Å². The van der Waals surface area contributed by atoms with Crippen LogP contribution in [0.4, 0.5) is 0 Å². The first kappa shape index (κ1) is 14.0. The van der Waals surface area contributed by atoms with Gasteiger partial charge in [-0.1, -0.05) is 0 Å². The zero-order valence-electron chi connectivity index (χ0n) is 10.8. The third kappa shape index (κ3) is 3.78. The van der Waals surface area contributed by atoms with Crippen molar-refractivity contribution in [3.8, 4) is 0 Å². The topological polar surface area (TPSA) is 75.3 Å². The average Bonchev–Trinajstić information content (AvgIpc) is 2.39. The number of hydrogen-bond donors (Lipinski definition) is 2. The van der Waals surface area contributed by atoms with Gasteiger partial charge in [0.1, 0.15) is 0 Å². The predicted octanol–water partition coefficient (Wildman–Crippen LogP) is 0.572. The summed E-state index contributed by atoms with van der Waals surface area (Å²) in [5, 5.41) is 6.20. The van der Waals surface area contributed by atoms with Crippen molar-refractivity contribution in [2.45, 2.75) is 23.8 Å². The minimum absolute atomic E-state index is 0.146. The molecule has 1 fully saturated rings. The summed E-state index contributed by atoms with van der Waals surface area (Å²) in [7, 11) is -3.21. The number of carbonyl (C=O) groups is 1. The lowest BCUT2D eigenvalue weighted by atomic mass is 10.1. The number of sulfone groups is 1. The molecule has 1 aromatic carbocycles. The number of carbonyl (C=O) groups excluding carboxylic acids is 1. The first-order valence-electron chi connectivity index (χ1n) is 6.28. The van der Waals surface area contributed by atoms with Gasteiger partial charge in [0, 0.05) is 17.9 Å². The van der Waals surface area contributed by atoms with E-state index in [1.165, 1.54) is 12.1 Å². The van der Waals surface area contributed by atoms with Gasteiger partial charge in [-0.25, -0.2) is 8.42 Å². The van der Waals surface area contributed by atoms with E-state index in [0.29, 0.717) is 5.56 Å². The Morgan fingerprint density at radius 1 is 1.21 bits per heavy atom. The van der Waals surface area contributed by atoms with Crippen molar-refractivity contribution in [3.63, 3.8) is 0 Å². The van der Waals surface area contributed by atoms with E-state index < -0.39 is 9.84 Å². The van der Waals surface area contributed by atoms with E-state index in [9.17, 15) is 13.2 Å². The molecule has 1 aliphatic rings. The highest BCUT2D eigenvalue weighted by atomic mass is 32.2. The Morgan fingerprint density at radius 2 is 1.79 bits per heavy atom.